The Morgan fingerprint density at radius 3 is 2.34 bits per heavy atom. The number of benzene rings is 2. The van der Waals surface area contributed by atoms with Gasteiger partial charge < -0.3 is 14.6 Å². The first kappa shape index (κ1) is 20.0. The number of piperazine rings is 1. The first-order chi connectivity index (χ1) is 14.1. The molecule has 1 aliphatic heterocycles. The Kier molecular flexibility index (Phi) is 6.23. The first-order valence-electron chi connectivity index (χ1n) is 9.82. The SMILES string of the molecule is CCOc1ccc(N=c2scc(-c3ccc(Cl)cc3)n2N2CCN(C)CC2)cc1. The summed E-state index contributed by atoms with van der Waals surface area (Å²) >= 11 is 7.76. The maximum Gasteiger partial charge on any atom is 0.209 e. The molecule has 0 amide bonds. The smallest absolute Gasteiger partial charge is 0.209 e. The highest BCUT2D eigenvalue weighted by Gasteiger charge is 2.19. The van der Waals surface area contributed by atoms with Gasteiger partial charge in [-0.05, 0) is 50.4 Å². The van der Waals surface area contributed by atoms with Crippen LogP contribution in [0.4, 0.5) is 5.69 Å². The van der Waals surface area contributed by atoms with Gasteiger partial charge in [-0.3, -0.25) is 0 Å². The van der Waals surface area contributed by atoms with Crippen LogP contribution >= 0.6 is 22.9 Å². The molecule has 0 spiro atoms. The van der Waals surface area contributed by atoms with Gasteiger partial charge in [0.15, 0.2) is 0 Å². The average Bonchev–Trinajstić information content (AvgIpc) is 3.14. The van der Waals surface area contributed by atoms with Crippen molar-refractivity contribution >= 4 is 28.6 Å². The summed E-state index contributed by atoms with van der Waals surface area (Å²) in [5.41, 5.74) is 3.19. The maximum atomic E-state index is 6.10. The van der Waals surface area contributed by atoms with Crippen molar-refractivity contribution in [2.75, 3.05) is 44.8 Å². The van der Waals surface area contributed by atoms with Crippen molar-refractivity contribution in [1.29, 1.82) is 0 Å². The van der Waals surface area contributed by atoms with Gasteiger partial charge in [0.05, 0.1) is 18.0 Å². The molecule has 7 heteroatoms. The predicted octanol–water partition coefficient (Wildman–Crippen LogP) is 4.38. The van der Waals surface area contributed by atoms with Crippen LogP contribution in [0.5, 0.6) is 5.75 Å². The standard InChI is InChI=1S/C22H25ClN4OS/c1-3-28-20-10-8-19(9-11-20)24-22-27(26-14-12-25(2)13-15-26)21(16-29-22)17-4-6-18(23)7-5-17/h4-11,16H,3,12-15H2,1-2H3. The molecule has 1 fully saturated rings. The Bertz CT molecular complexity index is 1000. The van der Waals surface area contributed by atoms with Crippen LogP contribution in [-0.2, 0) is 0 Å². The number of likely N-dealkylation sites (N-methyl/N-ethyl adjacent to an activating group) is 1. The molecule has 1 saturated heterocycles. The van der Waals surface area contributed by atoms with E-state index >= 15 is 0 Å². The summed E-state index contributed by atoms with van der Waals surface area (Å²) in [5.74, 6) is 0.867. The van der Waals surface area contributed by atoms with Crippen molar-refractivity contribution in [3.63, 3.8) is 0 Å². The van der Waals surface area contributed by atoms with Gasteiger partial charge in [-0.2, -0.15) is 0 Å². The third kappa shape index (κ3) is 4.66. The Morgan fingerprint density at radius 1 is 1.00 bits per heavy atom. The Morgan fingerprint density at radius 2 is 1.69 bits per heavy atom. The molecule has 4 rings (SSSR count). The summed E-state index contributed by atoms with van der Waals surface area (Å²) in [5, 5.41) is 5.30. The van der Waals surface area contributed by atoms with Gasteiger partial charge in [0.1, 0.15) is 5.75 Å². The van der Waals surface area contributed by atoms with E-state index in [0.29, 0.717) is 6.61 Å². The number of hydrogen-bond donors (Lipinski definition) is 0. The molecule has 5 nitrogen and oxygen atoms in total. The lowest BCUT2D eigenvalue weighted by atomic mass is 10.2. The highest BCUT2D eigenvalue weighted by molar-refractivity contribution is 7.07. The van der Waals surface area contributed by atoms with E-state index in [2.05, 4.69) is 39.1 Å². The molecule has 29 heavy (non-hydrogen) atoms. The lowest BCUT2D eigenvalue weighted by Gasteiger charge is -2.35. The zero-order valence-electron chi connectivity index (χ0n) is 16.7. The summed E-state index contributed by atoms with van der Waals surface area (Å²) < 4.78 is 7.80. The highest BCUT2D eigenvalue weighted by atomic mass is 35.5. The summed E-state index contributed by atoms with van der Waals surface area (Å²) in [6, 6.07) is 15.9. The van der Waals surface area contributed by atoms with Crippen molar-refractivity contribution in [1.82, 2.24) is 9.58 Å². The van der Waals surface area contributed by atoms with Crippen LogP contribution < -0.4 is 14.5 Å². The van der Waals surface area contributed by atoms with Gasteiger partial charge >= 0.3 is 0 Å². The van der Waals surface area contributed by atoms with E-state index < -0.39 is 0 Å². The van der Waals surface area contributed by atoms with E-state index in [9.17, 15) is 0 Å². The third-order valence-corrected chi connectivity index (χ3v) is 6.03. The molecule has 0 unspecified atom stereocenters. The second-order valence-electron chi connectivity index (χ2n) is 7.02. The van der Waals surface area contributed by atoms with E-state index in [1.165, 1.54) is 0 Å². The van der Waals surface area contributed by atoms with E-state index in [-0.39, 0.29) is 0 Å². The van der Waals surface area contributed by atoms with Crippen LogP contribution in [-0.4, -0.2) is 49.4 Å². The van der Waals surface area contributed by atoms with Gasteiger partial charge in [-0.25, -0.2) is 9.67 Å². The molecule has 0 aliphatic carbocycles. The normalized spacial score (nSPS) is 15.7. The number of nitrogens with zero attached hydrogens (tertiary/aromatic N) is 4. The van der Waals surface area contributed by atoms with E-state index in [1.807, 2.05) is 43.3 Å². The van der Waals surface area contributed by atoms with Crippen LogP contribution in [0, 0.1) is 0 Å². The second kappa shape index (κ2) is 9.03. The minimum Gasteiger partial charge on any atom is -0.494 e. The average molecular weight is 429 g/mol. The number of hydrogen-bond acceptors (Lipinski definition) is 5. The fourth-order valence-corrected chi connectivity index (χ4v) is 4.41. The van der Waals surface area contributed by atoms with Crippen LogP contribution in [0.1, 0.15) is 6.92 Å². The number of aromatic nitrogens is 1. The Balaban J connectivity index is 1.75. The molecule has 0 N–H and O–H groups in total. The lowest BCUT2D eigenvalue weighted by molar-refractivity contribution is 0.287. The van der Waals surface area contributed by atoms with Crippen LogP contribution in [0.3, 0.4) is 0 Å². The summed E-state index contributed by atoms with van der Waals surface area (Å²) in [4.78, 5) is 8.26. The van der Waals surface area contributed by atoms with Gasteiger partial charge in [0, 0.05) is 42.1 Å². The zero-order chi connectivity index (χ0) is 20.2. The topological polar surface area (TPSA) is 33.0 Å². The largest absolute Gasteiger partial charge is 0.494 e. The van der Waals surface area contributed by atoms with E-state index in [1.54, 1.807) is 11.3 Å². The molecule has 152 valence electrons. The monoisotopic (exact) mass is 428 g/mol. The molecule has 2 aromatic carbocycles. The van der Waals surface area contributed by atoms with E-state index in [4.69, 9.17) is 21.3 Å². The van der Waals surface area contributed by atoms with Crippen molar-refractivity contribution in [3.05, 3.63) is 63.7 Å². The maximum absolute atomic E-state index is 6.10. The molecule has 0 atom stereocenters. The number of rotatable bonds is 5. The minimum atomic E-state index is 0.662. The predicted molar refractivity (Wildman–Crippen MR) is 121 cm³/mol. The fraction of sp³-hybridized carbons (Fsp3) is 0.318. The molecule has 2 heterocycles. The molecule has 1 aliphatic rings. The molecule has 0 saturated carbocycles. The molecular weight excluding hydrogens is 404 g/mol. The number of ether oxygens (including phenoxy) is 1. The molecule has 3 aromatic rings. The number of thiazole rings is 1. The fourth-order valence-electron chi connectivity index (χ4n) is 3.36. The lowest BCUT2D eigenvalue weighted by Crippen LogP contribution is -2.52. The zero-order valence-corrected chi connectivity index (χ0v) is 18.3. The van der Waals surface area contributed by atoms with Gasteiger partial charge in [0.25, 0.3) is 0 Å². The second-order valence-corrected chi connectivity index (χ2v) is 8.29. The molecular formula is C22H25ClN4OS. The Labute approximate surface area is 180 Å². The van der Waals surface area contributed by atoms with E-state index in [0.717, 1.165) is 58.7 Å². The van der Waals surface area contributed by atoms with Crippen molar-refractivity contribution in [3.8, 4) is 17.0 Å². The third-order valence-electron chi connectivity index (χ3n) is 4.96. The van der Waals surface area contributed by atoms with Crippen molar-refractivity contribution < 1.29 is 4.74 Å². The van der Waals surface area contributed by atoms with Gasteiger partial charge in [-0.15, -0.1) is 11.3 Å². The van der Waals surface area contributed by atoms with Crippen LogP contribution in [0.25, 0.3) is 11.3 Å². The van der Waals surface area contributed by atoms with Crippen LogP contribution in [0.15, 0.2) is 58.9 Å². The minimum absolute atomic E-state index is 0.662. The molecule has 0 bridgehead atoms. The molecule has 1 aromatic heterocycles. The van der Waals surface area contributed by atoms with Gasteiger partial charge in [-0.1, -0.05) is 23.7 Å². The summed E-state index contributed by atoms with van der Waals surface area (Å²) in [6.07, 6.45) is 0. The van der Waals surface area contributed by atoms with Crippen LogP contribution in [0.2, 0.25) is 5.02 Å². The summed E-state index contributed by atoms with van der Waals surface area (Å²) in [7, 11) is 2.17. The number of halogens is 1. The Hall–Kier alpha value is -2.28. The highest BCUT2D eigenvalue weighted by Crippen LogP contribution is 2.24. The quantitative estimate of drug-likeness (QED) is 0.604. The van der Waals surface area contributed by atoms with Gasteiger partial charge in [0.2, 0.25) is 4.80 Å². The summed E-state index contributed by atoms with van der Waals surface area (Å²) in [6.45, 7) is 6.64. The van der Waals surface area contributed by atoms with Crippen molar-refractivity contribution in [2.24, 2.45) is 4.99 Å². The van der Waals surface area contributed by atoms with Crippen molar-refractivity contribution in [2.45, 2.75) is 6.92 Å². The molecule has 0 radical (unpaired) electrons. The first-order valence-corrected chi connectivity index (χ1v) is 11.1.